The lowest BCUT2D eigenvalue weighted by Crippen LogP contribution is -2.40. The molecule has 152 valence electrons. The number of hydrogen-bond donors (Lipinski definition) is 4. The second-order valence-electron chi connectivity index (χ2n) is 6.75. The molecule has 0 aliphatic rings. The van der Waals surface area contributed by atoms with Crippen molar-refractivity contribution in [2.75, 3.05) is 30.5 Å². The number of nitrogens with zero attached hydrogens (tertiary/aromatic N) is 3. The van der Waals surface area contributed by atoms with E-state index in [1.54, 1.807) is 51.3 Å². The molecule has 1 aromatic carbocycles. The summed E-state index contributed by atoms with van der Waals surface area (Å²) >= 11 is 0. The number of aliphatic hydroxyl groups excluding tert-OH is 1. The maximum Gasteiger partial charge on any atom is 0.327 e. The van der Waals surface area contributed by atoms with E-state index in [-0.39, 0.29) is 25.1 Å². The van der Waals surface area contributed by atoms with Gasteiger partial charge in [0.1, 0.15) is 11.6 Å². The van der Waals surface area contributed by atoms with E-state index in [1.807, 2.05) is 6.92 Å². The second-order valence-corrected chi connectivity index (χ2v) is 6.75. The molecular formula is C19H27N5O4. The van der Waals surface area contributed by atoms with Crippen molar-refractivity contribution in [1.29, 1.82) is 0 Å². The number of nitrogens with one attached hydrogen (secondary N) is 2. The Labute approximate surface area is 164 Å². The van der Waals surface area contributed by atoms with E-state index in [0.717, 1.165) is 0 Å². The van der Waals surface area contributed by atoms with Gasteiger partial charge in [-0.05, 0) is 45.0 Å². The van der Waals surface area contributed by atoms with Crippen molar-refractivity contribution in [2.45, 2.75) is 32.4 Å². The number of ether oxygens (including phenoxy) is 1. The number of carbonyl (C=O) groups excluding carboxylic acids is 1. The molecule has 0 aliphatic heterocycles. The Morgan fingerprint density at radius 2 is 1.96 bits per heavy atom. The van der Waals surface area contributed by atoms with Crippen LogP contribution in [0.25, 0.3) is 0 Å². The number of aromatic nitrogens is 2. The summed E-state index contributed by atoms with van der Waals surface area (Å²) in [6, 6.07) is 7.76. The standard InChI is InChI=1S/C19H27N5O4/c1-13(19(2,3)27)22-17-20-10-9-16(23-17)24(18(26)21-11-12-25)14-5-7-15(28-4)8-6-14/h5-10,13,25,27H,11-12H2,1-4H3,(H,21,26)(H,20,22,23). The molecule has 0 saturated heterocycles. The van der Waals surface area contributed by atoms with Gasteiger partial charge in [-0.15, -0.1) is 0 Å². The molecule has 0 radical (unpaired) electrons. The highest BCUT2D eigenvalue weighted by molar-refractivity contribution is 5.98. The molecule has 2 rings (SSSR count). The number of aliphatic hydroxyl groups is 2. The van der Waals surface area contributed by atoms with Crippen LogP contribution < -0.4 is 20.3 Å². The Hall–Kier alpha value is -2.91. The Kier molecular flexibility index (Phi) is 7.13. The molecule has 1 atom stereocenters. The van der Waals surface area contributed by atoms with Gasteiger partial charge in [0.15, 0.2) is 0 Å². The molecule has 1 aromatic heterocycles. The van der Waals surface area contributed by atoms with Crippen LogP contribution in [0.3, 0.4) is 0 Å². The van der Waals surface area contributed by atoms with Gasteiger partial charge in [-0.3, -0.25) is 0 Å². The Morgan fingerprint density at radius 1 is 1.29 bits per heavy atom. The lowest BCUT2D eigenvalue weighted by molar-refractivity contribution is 0.0646. The average molecular weight is 389 g/mol. The largest absolute Gasteiger partial charge is 0.497 e. The highest BCUT2D eigenvalue weighted by atomic mass is 16.5. The van der Waals surface area contributed by atoms with Crippen LogP contribution in [-0.2, 0) is 0 Å². The van der Waals surface area contributed by atoms with Crippen molar-refractivity contribution in [1.82, 2.24) is 15.3 Å². The molecular weight excluding hydrogens is 362 g/mol. The van der Waals surface area contributed by atoms with Crippen LogP contribution in [0.1, 0.15) is 20.8 Å². The lowest BCUT2D eigenvalue weighted by atomic mass is 10.0. The van der Waals surface area contributed by atoms with Crippen molar-refractivity contribution in [2.24, 2.45) is 0 Å². The number of hydrogen-bond acceptors (Lipinski definition) is 7. The molecule has 28 heavy (non-hydrogen) atoms. The van der Waals surface area contributed by atoms with Crippen molar-refractivity contribution in [3.63, 3.8) is 0 Å². The summed E-state index contributed by atoms with van der Waals surface area (Å²) in [7, 11) is 1.56. The number of anilines is 3. The molecule has 9 nitrogen and oxygen atoms in total. The van der Waals surface area contributed by atoms with E-state index in [0.29, 0.717) is 17.3 Å². The molecule has 1 unspecified atom stereocenters. The number of carbonyl (C=O) groups is 1. The van der Waals surface area contributed by atoms with Crippen molar-refractivity contribution in [3.8, 4) is 5.75 Å². The first-order valence-corrected chi connectivity index (χ1v) is 8.91. The zero-order chi connectivity index (χ0) is 20.7. The summed E-state index contributed by atoms with van der Waals surface area (Å²) in [4.78, 5) is 22.7. The van der Waals surface area contributed by atoms with E-state index < -0.39 is 11.6 Å². The highest BCUT2D eigenvalue weighted by Gasteiger charge is 2.24. The van der Waals surface area contributed by atoms with Gasteiger partial charge in [0.25, 0.3) is 0 Å². The zero-order valence-corrected chi connectivity index (χ0v) is 16.5. The maximum atomic E-state index is 12.7. The summed E-state index contributed by atoms with van der Waals surface area (Å²) < 4.78 is 5.16. The fourth-order valence-electron chi connectivity index (χ4n) is 2.24. The van der Waals surface area contributed by atoms with Crippen LogP contribution in [0.5, 0.6) is 5.75 Å². The molecule has 2 aromatic rings. The van der Waals surface area contributed by atoms with Gasteiger partial charge in [-0.2, -0.15) is 4.98 Å². The first kappa shape index (κ1) is 21.4. The smallest absolute Gasteiger partial charge is 0.327 e. The van der Waals surface area contributed by atoms with E-state index in [2.05, 4.69) is 20.6 Å². The highest BCUT2D eigenvalue weighted by Crippen LogP contribution is 2.26. The fourth-order valence-corrected chi connectivity index (χ4v) is 2.24. The Balaban J connectivity index is 2.36. The van der Waals surface area contributed by atoms with Crippen molar-refractivity contribution < 1.29 is 19.7 Å². The Bertz CT molecular complexity index is 777. The van der Waals surface area contributed by atoms with E-state index in [4.69, 9.17) is 9.84 Å². The lowest BCUT2D eigenvalue weighted by Gasteiger charge is -2.27. The summed E-state index contributed by atoms with van der Waals surface area (Å²) in [5, 5.41) is 24.8. The van der Waals surface area contributed by atoms with Crippen LogP contribution in [-0.4, -0.2) is 58.1 Å². The third-order valence-corrected chi connectivity index (χ3v) is 4.20. The zero-order valence-electron chi connectivity index (χ0n) is 16.5. The molecule has 0 saturated carbocycles. The van der Waals surface area contributed by atoms with Gasteiger partial charge in [0.2, 0.25) is 5.95 Å². The number of methoxy groups -OCH3 is 1. The molecule has 9 heteroatoms. The number of rotatable bonds is 8. The summed E-state index contributed by atoms with van der Waals surface area (Å²) in [5.74, 6) is 1.27. The molecule has 0 spiro atoms. The summed E-state index contributed by atoms with van der Waals surface area (Å²) in [6.07, 6.45) is 1.53. The van der Waals surface area contributed by atoms with Gasteiger partial charge in [0.05, 0.1) is 31.0 Å². The topological polar surface area (TPSA) is 120 Å². The van der Waals surface area contributed by atoms with Gasteiger partial charge in [-0.25, -0.2) is 14.7 Å². The predicted molar refractivity (Wildman–Crippen MR) is 107 cm³/mol. The first-order chi connectivity index (χ1) is 13.3. The SMILES string of the molecule is COc1ccc(N(C(=O)NCCO)c2ccnc(NC(C)C(C)(C)O)n2)cc1. The van der Waals surface area contributed by atoms with Crippen LogP contribution in [0, 0.1) is 0 Å². The van der Waals surface area contributed by atoms with Crippen molar-refractivity contribution >= 4 is 23.5 Å². The molecule has 0 aliphatic carbocycles. The molecule has 2 amide bonds. The second kappa shape index (κ2) is 9.34. The normalized spacial score (nSPS) is 12.2. The van der Waals surface area contributed by atoms with Gasteiger partial charge < -0.3 is 25.6 Å². The van der Waals surface area contributed by atoms with Gasteiger partial charge in [0, 0.05) is 18.8 Å². The first-order valence-electron chi connectivity index (χ1n) is 8.91. The minimum absolute atomic E-state index is 0.109. The van der Waals surface area contributed by atoms with Crippen LogP contribution >= 0.6 is 0 Å². The van der Waals surface area contributed by atoms with Gasteiger partial charge >= 0.3 is 6.03 Å². The van der Waals surface area contributed by atoms with Crippen LogP contribution in [0.15, 0.2) is 36.5 Å². The third-order valence-electron chi connectivity index (χ3n) is 4.20. The van der Waals surface area contributed by atoms with Crippen LogP contribution in [0.4, 0.5) is 22.2 Å². The minimum Gasteiger partial charge on any atom is -0.497 e. The number of urea groups is 1. The fraction of sp³-hybridized carbons (Fsp3) is 0.421. The molecule has 4 N–H and O–H groups in total. The molecule has 0 fully saturated rings. The molecule has 1 heterocycles. The quantitative estimate of drug-likeness (QED) is 0.544. The monoisotopic (exact) mass is 389 g/mol. The molecule has 0 bridgehead atoms. The predicted octanol–water partition coefficient (Wildman–Crippen LogP) is 1.90. The average Bonchev–Trinajstić information content (AvgIpc) is 2.66. The maximum absolute atomic E-state index is 12.7. The number of amides is 2. The van der Waals surface area contributed by atoms with E-state index in [9.17, 15) is 9.90 Å². The van der Waals surface area contributed by atoms with E-state index in [1.165, 1.54) is 11.1 Å². The summed E-state index contributed by atoms with van der Waals surface area (Å²) in [5.41, 5.74) is -0.412. The van der Waals surface area contributed by atoms with Crippen molar-refractivity contribution in [3.05, 3.63) is 36.5 Å². The van der Waals surface area contributed by atoms with E-state index >= 15 is 0 Å². The minimum atomic E-state index is -0.979. The van der Waals surface area contributed by atoms with Crippen LogP contribution in [0.2, 0.25) is 0 Å². The van der Waals surface area contributed by atoms with Gasteiger partial charge in [-0.1, -0.05) is 0 Å². The summed E-state index contributed by atoms with van der Waals surface area (Å²) in [6.45, 7) is 5.10. The third kappa shape index (κ3) is 5.54. The number of benzene rings is 1. The Morgan fingerprint density at radius 3 is 2.54 bits per heavy atom.